The van der Waals surface area contributed by atoms with Crippen molar-refractivity contribution in [3.8, 4) is 0 Å². The Bertz CT molecular complexity index is 1350. The molecule has 2 N–H and O–H groups in total. The number of hydrogen-bond donors (Lipinski definition) is 2. The minimum atomic E-state index is -0.513. The Labute approximate surface area is 246 Å². The van der Waals surface area contributed by atoms with Gasteiger partial charge in [-0.3, -0.25) is 14.3 Å². The van der Waals surface area contributed by atoms with Gasteiger partial charge in [-0.15, -0.1) is 10.2 Å². The predicted molar refractivity (Wildman–Crippen MR) is 157 cm³/mol. The molecule has 0 saturated carbocycles. The van der Waals surface area contributed by atoms with Crippen molar-refractivity contribution < 1.29 is 19.1 Å². The van der Waals surface area contributed by atoms with Gasteiger partial charge in [0.1, 0.15) is 5.60 Å². The van der Waals surface area contributed by atoms with Gasteiger partial charge in [-0.05, 0) is 82.1 Å². The minimum Gasteiger partial charge on any atom is -0.444 e. The largest absolute Gasteiger partial charge is 0.444 e. The zero-order chi connectivity index (χ0) is 30.1. The van der Waals surface area contributed by atoms with Crippen LogP contribution in [0.3, 0.4) is 0 Å². The van der Waals surface area contributed by atoms with Crippen LogP contribution in [0.1, 0.15) is 69.1 Å². The number of anilines is 1. The third kappa shape index (κ3) is 9.08. The van der Waals surface area contributed by atoms with Crippen LogP contribution in [-0.4, -0.2) is 73.7 Å². The molecular weight excluding hydrogens is 536 g/mol. The zero-order valence-corrected chi connectivity index (χ0v) is 24.8. The van der Waals surface area contributed by atoms with E-state index in [-0.39, 0.29) is 23.8 Å². The lowest BCUT2D eigenvalue weighted by atomic mass is 9.86. The van der Waals surface area contributed by atoms with Gasteiger partial charge in [0.25, 0.3) is 5.91 Å². The van der Waals surface area contributed by atoms with E-state index in [0.29, 0.717) is 37.6 Å². The molecule has 0 bridgehead atoms. The van der Waals surface area contributed by atoms with Crippen molar-refractivity contribution in [3.05, 3.63) is 65.2 Å². The summed E-state index contributed by atoms with van der Waals surface area (Å²) in [6.07, 6.45) is 13.9. The van der Waals surface area contributed by atoms with Gasteiger partial charge in [-0.25, -0.2) is 4.79 Å². The van der Waals surface area contributed by atoms with E-state index in [1.54, 1.807) is 28.9 Å². The Morgan fingerprint density at radius 1 is 1.10 bits per heavy atom. The summed E-state index contributed by atoms with van der Waals surface area (Å²) in [6.45, 7) is 7.39. The number of allylic oxidation sites excluding steroid dienone is 4. The minimum absolute atomic E-state index is 0.0828. The number of aromatic nitrogens is 5. The molecule has 3 amide bonds. The third-order valence-electron chi connectivity index (χ3n) is 6.94. The maximum Gasteiger partial charge on any atom is 0.410 e. The molecule has 12 heteroatoms. The van der Waals surface area contributed by atoms with Crippen molar-refractivity contribution in [1.29, 1.82) is 0 Å². The normalized spacial score (nSPS) is 16.9. The first-order chi connectivity index (χ1) is 20.1. The first kappa shape index (κ1) is 30.6. The van der Waals surface area contributed by atoms with E-state index in [9.17, 15) is 14.4 Å². The highest BCUT2D eigenvalue weighted by Crippen LogP contribution is 2.30. The molecule has 42 heavy (non-hydrogen) atoms. The van der Waals surface area contributed by atoms with Crippen molar-refractivity contribution in [2.75, 3.05) is 25.5 Å². The smallest absolute Gasteiger partial charge is 0.410 e. The number of nitrogens with zero attached hydrogens (tertiary/aromatic N) is 6. The topological polar surface area (TPSA) is 144 Å². The van der Waals surface area contributed by atoms with Gasteiger partial charge >= 0.3 is 6.09 Å². The summed E-state index contributed by atoms with van der Waals surface area (Å²) in [5.74, 6) is 0.151. The standard InChI is InChI=1S/C30H40N8O4/c1-30(2,3)42-29(41)37-16-13-22(14-17-37)23-9-7-8-21(18-23)19-27(39)32-26-12-11-24(33-35-26)10-5-6-15-38-20-25(34-36-38)28(40)31-4/h7-9,11-13,20-21H,5-6,10,14-19H2,1-4H3,(H,31,40)(H,32,35,39). The van der Waals surface area contributed by atoms with Crippen LogP contribution >= 0.6 is 0 Å². The number of hydrogen-bond acceptors (Lipinski definition) is 8. The van der Waals surface area contributed by atoms with Crippen LogP contribution in [0, 0.1) is 5.92 Å². The van der Waals surface area contributed by atoms with Gasteiger partial charge in [0.15, 0.2) is 11.5 Å². The fraction of sp³-hybridized carbons (Fsp3) is 0.500. The number of unbranched alkanes of at least 4 members (excludes halogenated alkanes) is 1. The highest BCUT2D eigenvalue weighted by molar-refractivity contribution is 5.91. The van der Waals surface area contributed by atoms with Crippen LogP contribution < -0.4 is 10.6 Å². The van der Waals surface area contributed by atoms with Crippen molar-refractivity contribution in [2.45, 2.75) is 71.4 Å². The van der Waals surface area contributed by atoms with E-state index >= 15 is 0 Å². The third-order valence-corrected chi connectivity index (χ3v) is 6.94. The molecule has 0 aromatic carbocycles. The monoisotopic (exact) mass is 576 g/mol. The molecule has 224 valence electrons. The molecule has 0 saturated heterocycles. The van der Waals surface area contributed by atoms with Crippen molar-refractivity contribution in [1.82, 2.24) is 35.4 Å². The number of carbonyl (C=O) groups is 3. The Kier molecular flexibility index (Phi) is 10.2. The highest BCUT2D eigenvalue weighted by atomic mass is 16.6. The van der Waals surface area contributed by atoms with Crippen molar-refractivity contribution in [3.63, 3.8) is 0 Å². The summed E-state index contributed by atoms with van der Waals surface area (Å²) < 4.78 is 7.14. The number of carbonyl (C=O) groups excluding carboxylic acids is 3. The summed E-state index contributed by atoms with van der Waals surface area (Å²) in [5.41, 5.74) is 3.06. The quantitative estimate of drug-likeness (QED) is 0.406. The Morgan fingerprint density at radius 3 is 2.62 bits per heavy atom. The van der Waals surface area contributed by atoms with Crippen molar-refractivity contribution >= 4 is 23.7 Å². The Morgan fingerprint density at radius 2 is 1.93 bits per heavy atom. The zero-order valence-electron chi connectivity index (χ0n) is 24.8. The van der Waals surface area contributed by atoms with Gasteiger partial charge in [0.2, 0.25) is 5.91 Å². The van der Waals surface area contributed by atoms with E-state index in [4.69, 9.17) is 4.74 Å². The SMILES string of the molecule is CNC(=O)c1cn(CCCCc2ccc(NC(=O)CC3C=CC=C(C4=CCN(C(=O)OC(C)(C)C)CC4)C3)nn2)nn1. The van der Waals surface area contributed by atoms with Crippen LogP contribution in [0.2, 0.25) is 0 Å². The molecular formula is C30H40N8O4. The molecule has 0 fully saturated rings. The van der Waals surface area contributed by atoms with Crippen molar-refractivity contribution in [2.24, 2.45) is 5.92 Å². The molecule has 1 unspecified atom stereocenters. The summed E-state index contributed by atoms with van der Waals surface area (Å²) in [5, 5.41) is 21.6. The van der Waals surface area contributed by atoms with Gasteiger partial charge in [0, 0.05) is 33.1 Å². The van der Waals surface area contributed by atoms with E-state index in [2.05, 4.69) is 49.4 Å². The van der Waals surface area contributed by atoms with E-state index in [0.717, 1.165) is 37.8 Å². The van der Waals surface area contributed by atoms with Crippen LogP contribution in [0.15, 0.2) is 53.8 Å². The second-order valence-corrected chi connectivity index (χ2v) is 11.5. The Balaban J connectivity index is 1.17. The number of ether oxygens (including phenoxy) is 1. The highest BCUT2D eigenvalue weighted by Gasteiger charge is 2.25. The summed E-state index contributed by atoms with van der Waals surface area (Å²) >= 11 is 0. The maximum absolute atomic E-state index is 12.7. The molecule has 1 aliphatic carbocycles. The molecule has 12 nitrogen and oxygen atoms in total. The lowest BCUT2D eigenvalue weighted by Gasteiger charge is -2.31. The number of rotatable bonds is 10. The van der Waals surface area contributed by atoms with Crippen LogP contribution in [0.4, 0.5) is 10.6 Å². The molecule has 2 aliphatic rings. The van der Waals surface area contributed by atoms with E-state index in [1.165, 1.54) is 11.1 Å². The average molecular weight is 577 g/mol. The number of aryl methyl sites for hydroxylation is 2. The number of amides is 3. The number of nitrogens with one attached hydrogen (secondary N) is 2. The predicted octanol–water partition coefficient (Wildman–Crippen LogP) is 3.85. The summed E-state index contributed by atoms with van der Waals surface area (Å²) in [4.78, 5) is 38.4. The van der Waals surface area contributed by atoms with Gasteiger partial charge in [0.05, 0.1) is 11.9 Å². The Hall–Kier alpha value is -4.35. The fourth-order valence-electron chi connectivity index (χ4n) is 4.79. The first-order valence-electron chi connectivity index (χ1n) is 14.4. The van der Waals surface area contributed by atoms with Crippen LogP contribution in [-0.2, 0) is 22.5 Å². The molecule has 0 radical (unpaired) electrons. The molecule has 1 atom stereocenters. The molecule has 0 spiro atoms. The molecule has 3 heterocycles. The molecule has 1 aliphatic heterocycles. The van der Waals surface area contributed by atoms with Gasteiger partial charge < -0.3 is 20.3 Å². The first-order valence-corrected chi connectivity index (χ1v) is 14.4. The average Bonchev–Trinajstić information content (AvgIpc) is 3.44. The molecule has 2 aromatic heterocycles. The van der Waals surface area contributed by atoms with Crippen LogP contribution in [0.5, 0.6) is 0 Å². The molecule has 4 rings (SSSR count). The summed E-state index contributed by atoms with van der Waals surface area (Å²) in [6, 6.07) is 3.65. The lowest BCUT2D eigenvalue weighted by Crippen LogP contribution is -2.39. The maximum atomic E-state index is 12.7. The van der Waals surface area contributed by atoms with E-state index in [1.807, 2.05) is 32.9 Å². The van der Waals surface area contributed by atoms with Gasteiger partial charge in [-0.2, -0.15) is 5.10 Å². The molecule has 2 aromatic rings. The second-order valence-electron chi connectivity index (χ2n) is 11.5. The van der Waals surface area contributed by atoms with Crippen LogP contribution in [0.25, 0.3) is 0 Å². The second kappa shape index (κ2) is 14.0. The van der Waals surface area contributed by atoms with E-state index < -0.39 is 5.60 Å². The lowest BCUT2D eigenvalue weighted by molar-refractivity contribution is -0.116. The fourth-order valence-corrected chi connectivity index (χ4v) is 4.79. The van der Waals surface area contributed by atoms with Gasteiger partial charge in [-0.1, -0.05) is 29.5 Å². The summed E-state index contributed by atoms with van der Waals surface area (Å²) in [7, 11) is 1.56.